The minimum absolute atomic E-state index is 0.0353. The molecule has 3 aromatic carbocycles. The maximum absolute atomic E-state index is 13.1. The van der Waals surface area contributed by atoms with E-state index in [2.05, 4.69) is 24.0 Å². The van der Waals surface area contributed by atoms with Gasteiger partial charge in [0, 0.05) is 22.0 Å². The van der Waals surface area contributed by atoms with E-state index in [4.69, 9.17) is 10.5 Å². The molecule has 30 heavy (non-hydrogen) atoms. The number of aromatic nitrogens is 1. The van der Waals surface area contributed by atoms with Gasteiger partial charge in [-0.15, -0.1) is 0 Å². The summed E-state index contributed by atoms with van der Waals surface area (Å²) >= 11 is 0. The summed E-state index contributed by atoms with van der Waals surface area (Å²) in [7, 11) is 0. The van der Waals surface area contributed by atoms with Crippen molar-refractivity contribution in [1.29, 1.82) is 5.26 Å². The largest absolute Gasteiger partial charge is 0.440 e. The quantitative estimate of drug-likeness (QED) is 0.526. The smallest absolute Gasteiger partial charge is 0.252 e. The number of hydrogen-bond acceptors (Lipinski definition) is 4. The molecule has 4 aromatic rings. The minimum Gasteiger partial charge on any atom is -0.440 e. The summed E-state index contributed by atoms with van der Waals surface area (Å²) < 4.78 is 5.89. The summed E-state index contributed by atoms with van der Waals surface area (Å²) in [6.07, 6.45) is 0.896. The Labute approximate surface area is 173 Å². The van der Waals surface area contributed by atoms with E-state index >= 15 is 0 Å². The number of nitrogens with two attached hydrogens (primary N) is 1. The molecule has 0 amide bonds. The first-order valence-electron chi connectivity index (χ1n) is 9.85. The lowest BCUT2D eigenvalue weighted by Crippen LogP contribution is -2.25. The van der Waals surface area contributed by atoms with Gasteiger partial charge in [0.2, 0.25) is 5.88 Å². The number of benzene rings is 3. The normalized spacial score (nSPS) is 15.7. The van der Waals surface area contributed by atoms with Gasteiger partial charge in [0.25, 0.3) is 5.56 Å². The van der Waals surface area contributed by atoms with Crippen molar-refractivity contribution in [2.24, 2.45) is 5.73 Å². The number of nitrogens with zero attached hydrogens (tertiary/aromatic N) is 1. The number of ether oxygens (including phenoxy) is 1. The molecule has 0 unspecified atom stereocenters. The number of nitrogens with one attached hydrogen (secondary N) is 1. The molecule has 1 aliphatic rings. The van der Waals surface area contributed by atoms with Gasteiger partial charge in [0.15, 0.2) is 0 Å². The van der Waals surface area contributed by atoms with Gasteiger partial charge in [-0.05, 0) is 41.0 Å². The third kappa shape index (κ3) is 2.66. The highest BCUT2D eigenvalue weighted by Gasteiger charge is 2.33. The molecule has 5 rings (SSSR count). The van der Waals surface area contributed by atoms with Crippen LogP contribution in [0, 0.1) is 11.3 Å². The zero-order chi connectivity index (χ0) is 20.8. The van der Waals surface area contributed by atoms with Crippen molar-refractivity contribution in [3.63, 3.8) is 0 Å². The van der Waals surface area contributed by atoms with E-state index in [9.17, 15) is 10.1 Å². The Morgan fingerprint density at radius 3 is 2.70 bits per heavy atom. The molecule has 0 aliphatic carbocycles. The molecule has 0 fully saturated rings. The minimum atomic E-state index is -0.596. The van der Waals surface area contributed by atoms with E-state index in [0.717, 1.165) is 33.7 Å². The molecule has 5 nitrogen and oxygen atoms in total. The highest BCUT2D eigenvalue weighted by atomic mass is 16.5. The Balaban J connectivity index is 1.82. The van der Waals surface area contributed by atoms with Crippen LogP contribution in [0.4, 0.5) is 0 Å². The van der Waals surface area contributed by atoms with Crippen molar-refractivity contribution in [3.05, 3.63) is 99.2 Å². The van der Waals surface area contributed by atoms with Crippen LogP contribution in [0.15, 0.2) is 76.9 Å². The van der Waals surface area contributed by atoms with Crippen molar-refractivity contribution < 1.29 is 4.74 Å². The number of H-pyrrole nitrogens is 1. The van der Waals surface area contributed by atoms with Gasteiger partial charge in [-0.3, -0.25) is 4.79 Å². The Morgan fingerprint density at radius 1 is 1.07 bits per heavy atom. The molecule has 2 heterocycles. The summed E-state index contributed by atoms with van der Waals surface area (Å²) in [5.74, 6) is 0.0337. The van der Waals surface area contributed by atoms with Crippen molar-refractivity contribution >= 4 is 21.7 Å². The van der Waals surface area contributed by atoms with Crippen LogP contribution in [0.25, 0.3) is 21.7 Å². The summed E-state index contributed by atoms with van der Waals surface area (Å²) in [4.78, 5) is 16.0. The predicted molar refractivity (Wildman–Crippen MR) is 117 cm³/mol. The van der Waals surface area contributed by atoms with Gasteiger partial charge in [-0.1, -0.05) is 49.4 Å². The molecule has 0 spiro atoms. The molecular weight excluding hydrogens is 374 g/mol. The van der Waals surface area contributed by atoms with Crippen molar-refractivity contribution in [1.82, 2.24) is 4.98 Å². The zero-order valence-corrected chi connectivity index (χ0v) is 16.4. The van der Waals surface area contributed by atoms with E-state index in [1.807, 2.05) is 54.6 Å². The standard InChI is InChI=1S/C25H19N3O2/c1-2-14-7-10-21-16(11-14)12-19(25(29)28-21)22-18-9-8-15-5-3-4-6-17(15)23(18)30-24(27)20(22)13-26/h3-12,22H,2,27H2,1H3,(H,28,29)/t22-/m1/s1. The van der Waals surface area contributed by atoms with Crippen LogP contribution < -0.4 is 16.0 Å². The van der Waals surface area contributed by atoms with E-state index in [1.165, 1.54) is 5.56 Å². The lowest BCUT2D eigenvalue weighted by molar-refractivity contribution is 0.398. The third-order valence-electron chi connectivity index (χ3n) is 5.76. The number of pyridine rings is 1. The number of aryl methyl sites for hydroxylation is 1. The number of allylic oxidation sites excluding steroid dienone is 1. The molecule has 0 radical (unpaired) electrons. The lowest BCUT2D eigenvalue weighted by atomic mass is 9.82. The van der Waals surface area contributed by atoms with Gasteiger partial charge < -0.3 is 15.5 Å². The maximum atomic E-state index is 13.1. The highest BCUT2D eigenvalue weighted by Crippen LogP contribution is 2.44. The van der Waals surface area contributed by atoms with Gasteiger partial charge in [0.1, 0.15) is 17.4 Å². The molecule has 0 saturated carbocycles. The molecule has 1 aliphatic heterocycles. The fourth-order valence-corrected chi connectivity index (χ4v) is 4.21. The van der Waals surface area contributed by atoms with Crippen LogP contribution in [0.2, 0.25) is 0 Å². The van der Waals surface area contributed by atoms with E-state index in [-0.39, 0.29) is 17.0 Å². The summed E-state index contributed by atoms with van der Waals surface area (Å²) in [5, 5.41) is 12.7. The van der Waals surface area contributed by atoms with E-state index in [0.29, 0.717) is 11.3 Å². The summed E-state index contributed by atoms with van der Waals surface area (Å²) in [6, 6.07) is 21.7. The molecule has 1 atom stereocenters. The molecule has 0 bridgehead atoms. The topological polar surface area (TPSA) is 91.9 Å². The van der Waals surface area contributed by atoms with E-state index < -0.39 is 5.92 Å². The SMILES string of the molecule is CCc1ccc2[nH]c(=O)c([C@@H]3C(C#N)=C(N)Oc4c3ccc3ccccc43)cc2c1. The fraction of sp³-hybridized carbons (Fsp3) is 0.120. The molecule has 5 heteroatoms. The molecule has 146 valence electrons. The second-order valence-corrected chi connectivity index (χ2v) is 7.46. The fourth-order valence-electron chi connectivity index (χ4n) is 4.21. The summed E-state index contributed by atoms with van der Waals surface area (Å²) in [5.41, 5.74) is 9.34. The molecule has 0 saturated heterocycles. The maximum Gasteiger partial charge on any atom is 0.252 e. The first-order valence-corrected chi connectivity index (χ1v) is 9.85. The zero-order valence-electron chi connectivity index (χ0n) is 16.4. The van der Waals surface area contributed by atoms with Gasteiger partial charge >= 0.3 is 0 Å². The third-order valence-corrected chi connectivity index (χ3v) is 5.76. The number of rotatable bonds is 2. The first-order chi connectivity index (χ1) is 14.6. The van der Waals surface area contributed by atoms with Crippen molar-refractivity contribution in [2.75, 3.05) is 0 Å². The Bertz CT molecular complexity index is 1460. The van der Waals surface area contributed by atoms with Crippen LogP contribution >= 0.6 is 0 Å². The van der Waals surface area contributed by atoms with Crippen molar-refractivity contribution in [3.8, 4) is 11.8 Å². The summed E-state index contributed by atoms with van der Waals surface area (Å²) in [6.45, 7) is 2.09. The Kier molecular flexibility index (Phi) is 4.07. The van der Waals surface area contributed by atoms with Gasteiger partial charge in [-0.25, -0.2) is 0 Å². The predicted octanol–water partition coefficient (Wildman–Crippen LogP) is 4.46. The van der Waals surface area contributed by atoms with E-state index in [1.54, 1.807) is 0 Å². The monoisotopic (exact) mass is 393 g/mol. The number of fused-ring (bicyclic) bond motifs is 4. The van der Waals surface area contributed by atoms with Gasteiger partial charge in [0.05, 0.1) is 5.92 Å². The van der Waals surface area contributed by atoms with Gasteiger partial charge in [-0.2, -0.15) is 5.26 Å². The average molecular weight is 393 g/mol. The highest BCUT2D eigenvalue weighted by molar-refractivity contribution is 5.91. The molecule has 1 aromatic heterocycles. The Hall–Kier alpha value is -4.04. The van der Waals surface area contributed by atoms with Crippen LogP contribution in [0.1, 0.15) is 29.5 Å². The van der Waals surface area contributed by atoms with Crippen LogP contribution in [-0.4, -0.2) is 4.98 Å². The number of aromatic amines is 1. The lowest BCUT2D eigenvalue weighted by Gasteiger charge is -2.27. The Morgan fingerprint density at radius 2 is 1.90 bits per heavy atom. The average Bonchev–Trinajstić information content (AvgIpc) is 2.77. The number of nitriles is 1. The molecular formula is C25H19N3O2. The van der Waals surface area contributed by atoms with Crippen LogP contribution in [-0.2, 0) is 6.42 Å². The second-order valence-electron chi connectivity index (χ2n) is 7.46. The first kappa shape index (κ1) is 18.0. The van der Waals surface area contributed by atoms with Crippen LogP contribution in [0.5, 0.6) is 5.75 Å². The van der Waals surface area contributed by atoms with Crippen LogP contribution in [0.3, 0.4) is 0 Å². The molecule has 3 N–H and O–H groups in total. The second kappa shape index (κ2) is 6.78. The van der Waals surface area contributed by atoms with Crippen molar-refractivity contribution in [2.45, 2.75) is 19.3 Å². The number of hydrogen-bond donors (Lipinski definition) is 2.